The maximum Gasteiger partial charge on any atom is 0.246 e. The molecule has 9 nitrogen and oxygen atoms in total. The quantitative estimate of drug-likeness (QED) is 0.603. The van der Waals surface area contributed by atoms with Crippen LogP contribution in [0.4, 0.5) is 5.69 Å². The van der Waals surface area contributed by atoms with Crippen molar-refractivity contribution in [3.63, 3.8) is 0 Å². The standard InChI is InChI=1S/C27H35N5O4/c1-16(2)12-21(31(5)22(33)17(3)29-24(35)26(4)10-11-26)23(34)32-15-27(13-18(32)14-28)19-8-6-7-9-20(19)30-25(27)36/h6-9,16-18,21H,10-13,15H2,1-5H3,(H,29,35)(H,30,36)/t17-,18-,21-,27-/m0/s1. The molecule has 9 heteroatoms. The third-order valence-electron chi connectivity index (χ3n) is 7.98. The zero-order valence-electron chi connectivity index (χ0n) is 21.6. The average Bonchev–Trinajstić information content (AvgIpc) is 3.38. The number of likely N-dealkylation sites (N-methyl/N-ethyl adjacent to an activating group) is 1. The minimum absolute atomic E-state index is 0.0776. The van der Waals surface area contributed by atoms with Crippen molar-refractivity contribution in [3.05, 3.63) is 29.8 Å². The number of nitrogens with zero attached hydrogens (tertiary/aromatic N) is 3. The highest BCUT2D eigenvalue weighted by molar-refractivity contribution is 6.07. The van der Waals surface area contributed by atoms with Crippen molar-refractivity contribution in [1.82, 2.24) is 15.1 Å². The molecule has 192 valence electrons. The van der Waals surface area contributed by atoms with Gasteiger partial charge in [0.25, 0.3) is 0 Å². The number of rotatable bonds is 7. The molecular formula is C27H35N5O4. The van der Waals surface area contributed by atoms with E-state index < -0.39 is 29.0 Å². The van der Waals surface area contributed by atoms with Gasteiger partial charge in [-0.05, 0) is 43.7 Å². The van der Waals surface area contributed by atoms with Crippen LogP contribution < -0.4 is 10.6 Å². The number of amides is 4. The van der Waals surface area contributed by atoms with E-state index in [1.165, 1.54) is 9.80 Å². The third-order valence-corrected chi connectivity index (χ3v) is 7.98. The zero-order valence-corrected chi connectivity index (χ0v) is 21.6. The van der Waals surface area contributed by atoms with Gasteiger partial charge in [0.05, 0.1) is 11.5 Å². The smallest absolute Gasteiger partial charge is 0.246 e. The highest BCUT2D eigenvalue weighted by Gasteiger charge is 2.56. The molecular weight excluding hydrogens is 458 g/mol. The number of hydrogen-bond acceptors (Lipinski definition) is 5. The van der Waals surface area contributed by atoms with Crippen LogP contribution in [0, 0.1) is 22.7 Å². The molecule has 36 heavy (non-hydrogen) atoms. The monoisotopic (exact) mass is 493 g/mol. The molecule has 1 saturated heterocycles. The Balaban J connectivity index is 1.57. The summed E-state index contributed by atoms with van der Waals surface area (Å²) in [5.41, 5.74) is 0.0923. The number of para-hydroxylation sites is 1. The predicted octanol–water partition coefficient (Wildman–Crippen LogP) is 2.18. The van der Waals surface area contributed by atoms with Gasteiger partial charge in [0.15, 0.2) is 0 Å². The minimum Gasteiger partial charge on any atom is -0.344 e. The van der Waals surface area contributed by atoms with Crippen LogP contribution in [0.2, 0.25) is 0 Å². The lowest BCUT2D eigenvalue weighted by molar-refractivity contribution is -0.147. The highest BCUT2D eigenvalue weighted by atomic mass is 16.2. The number of carbonyl (C=O) groups excluding carboxylic acids is 4. The van der Waals surface area contributed by atoms with E-state index in [1.807, 2.05) is 45.0 Å². The second kappa shape index (κ2) is 9.23. The molecule has 2 fully saturated rings. The molecule has 1 aliphatic carbocycles. The number of fused-ring (bicyclic) bond motifs is 2. The van der Waals surface area contributed by atoms with Crippen molar-refractivity contribution < 1.29 is 19.2 Å². The summed E-state index contributed by atoms with van der Waals surface area (Å²) in [6.07, 6.45) is 2.19. The maximum atomic E-state index is 13.9. The van der Waals surface area contributed by atoms with Gasteiger partial charge in [0.1, 0.15) is 18.1 Å². The molecule has 4 atom stereocenters. The van der Waals surface area contributed by atoms with Crippen LogP contribution in [-0.4, -0.2) is 65.1 Å². The summed E-state index contributed by atoms with van der Waals surface area (Å²) >= 11 is 0. The van der Waals surface area contributed by atoms with Gasteiger partial charge in [0, 0.05) is 31.1 Å². The summed E-state index contributed by atoms with van der Waals surface area (Å²) in [7, 11) is 1.57. The zero-order chi connectivity index (χ0) is 26.4. The molecule has 1 saturated carbocycles. The Morgan fingerprint density at radius 3 is 2.53 bits per heavy atom. The van der Waals surface area contributed by atoms with Crippen molar-refractivity contribution >= 4 is 29.3 Å². The van der Waals surface area contributed by atoms with Crippen molar-refractivity contribution in [2.24, 2.45) is 11.3 Å². The Morgan fingerprint density at radius 2 is 1.92 bits per heavy atom. The van der Waals surface area contributed by atoms with Crippen LogP contribution in [0.1, 0.15) is 58.9 Å². The van der Waals surface area contributed by atoms with Gasteiger partial charge in [-0.2, -0.15) is 5.26 Å². The van der Waals surface area contributed by atoms with Crippen LogP contribution in [0.25, 0.3) is 0 Å². The molecule has 1 aromatic rings. The summed E-state index contributed by atoms with van der Waals surface area (Å²) < 4.78 is 0. The van der Waals surface area contributed by atoms with E-state index in [0.717, 1.165) is 18.4 Å². The maximum absolute atomic E-state index is 13.9. The summed E-state index contributed by atoms with van der Waals surface area (Å²) in [6.45, 7) is 7.50. The SMILES string of the molecule is CC(C)C[C@@H](C(=O)N1C[C@]2(C[C@H]1C#N)C(=O)Nc1ccccc12)N(C)C(=O)[C@H](C)NC(=O)C1(C)CC1. The van der Waals surface area contributed by atoms with E-state index in [4.69, 9.17) is 0 Å². The highest BCUT2D eigenvalue weighted by Crippen LogP contribution is 2.47. The molecule has 0 bridgehead atoms. The average molecular weight is 494 g/mol. The largest absolute Gasteiger partial charge is 0.344 e. The number of hydrogen-bond donors (Lipinski definition) is 2. The molecule has 0 radical (unpaired) electrons. The fourth-order valence-corrected chi connectivity index (χ4v) is 5.35. The van der Waals surface area contributed by atoms with Gasteiger partial charge >= 0.3 is 0 Å². The van der Waals surface area contributed by atoms with Crippen LogP contribution >= 0.6 is 0 Å². The third kappa shape index (κ3) is 4.34. The fraction of sp³-hybridized carbons (Fsp3) is 0.593. The van der Waals surface area contributed by atoms with Crippen LogP contribution in [0.15, 0.2) is 24.3 Å². The lowest BCUT2D eigenvalue weighted by Gasteiger charge is -2.34. The fourth-order valence-electron chi connectivity index (χ4n) is 5.35. The summed E-state index contributed by atoms with van der Waals surface area (Å²) in [5.74, 6) is -0.989. The first kappa shape index (κ1) is 25.7. The molecule has 4 amide bonds. The number of carbonyl (C=O) groups is 4. The molecule has 0 aromatic heterocycles. The van der Waals surface area contributed by atoms with E-state index in [2.05, 4.69) is 16.7 Å². The molecule has 2 N–H and O–H groups in total. The van der Waals surface area contributed by atoms with Crippen molar-refractivity contribution in [3.8, 4) is 6.07 Å². The number of anilines is 1. The first-order valence-electron chi connectivity index (χ1n) is 12.6. The predicted molar refractivity (Wildman–Crippen MR) is 133 cm³/mol. The second-order valence-electron chi connectivity index (χ2n) is 11.2. The Bertz CT molecular complexity index is 1140. The van der Waals surface area contributed by atoms with E-state index in [9.17, 15) is 24.4 Å². The van der Waals surface area contributed by atoms with E-state index in [0.29, 0.717) is 12.1 Å². The van der Waals surface area contributed by atoms with Crippen molar-refractivity contribution in [2.75, 3.05) is 18.9 Å². The Hall–Kier alpha value is -3.41. The molecule has 2 heterocycles. The van der Waals surface area contributed by atoms with E-state index in [1.54, 1.807) is 14.0 Å². The normalized spacial score (nSPS) is 25.1. The first-order valence-corrected chi connectivity index (χ1v) is 12.6. The van der Waals surface area contributed by atoms with Gasteiger partial charge in [0.2, 0.25) is 23.6 Å². The molecule has 4 rings (SSSR count). The summed E-state index contributed by atoms with van der Waals surface area (Å²) in [6, 6.07) is 7.17. The van der Waals surface area contributed by atoms with E-state index >= 15 is 0 Å². The van der Waals surface area contributed by atoms with Gasteiger partial charge in [-0.15, -0.1) is 0 Å². The lowest BCUT2D eigenvalue weighted by atomic mass is 9.80. The summed E-state index contributed by atoms with van der Waals surface area (Å²) in [4.78, 5) is 55.7. The first-order chi connectivity index (χ1) is 16.9. The number of nitriles is 1. The van der Waals surface area contributed by atoms with Crippen molar-refractivity contribution in [1.29, 1.82) is 5.26 Å². The summed E-state index contributed by atoms with van der Waals surface area (Å²) in [5, 5.41) is 15.6. The van der Waals surface area contributed by atoms with Gasteiger partial charge in [-0.1, -0.05) is 39.0 Å². The number of benzene rings is 1. The van der Waals surface area contributed by atoms with Crippen LogP contribution in [-0.2, 0) is 24.6 Å². The molecule has 3 aliphatic rings. The Morgan fingerprint density at radius 1 is 1.25 bits per heavy atom. The molecule has 1 aromatic carbocycles. The number of likely N-dealkylation sites (tertiary alicyclic amines) is 1. The second-order valence-corrected chi connectivity index (χ2v) is 11.2. The van der Waals surface area contributed by atoms with Gasteiger partial charge in [-0.3, -0.25) is 19.2 Å². The Labute approximate surface area is 212 Å². The molecule has 0 unspecified atom stereocenters. The molecule has 1 spiro atoms. The molecule has 2 aliphatic heterocycles. The van der Waals surface area contributed by atoms with E-state index in [-0.39, 0.29) is 42.5 Å². The van der Waals surface area contributed by atoms with Gasteiger partial charge < -0.3 is 20.4 Å². The number of nitrogens with one attached hydrogen (secondary N) is 2. The van der Waals surface area contributed by atoms with Gasteiger partial charge in [-0.25, -0.2) is 0 Å². The van der Waals surface area contributed by atoms with Crippen molar-refractivity contribution in [2.45, 2.75) is 76.9 Å². The topological polar surface area (TPSA) is 123 Å². The minimum atomic E-state index is -0.988. The van der Waals surface area contributed by atoms with Crippen LogP contribution in [0.3, 0.4) is 0 Å². The Kier molecular flexibility index (Phi) is 6.58. The van der Waals surface area contributed by atoms with Crippen LogP contribution in [0.5, 0.6) is 0 Å². The lowest BCUT2D eigenvalue weighted by Crippen LogP contribution is -2.56.